The van der Waals surface area contributed by atoms with Crippen molar-refractivity contribution in [2.45, 2.75) is 18.4 Å². The third-order valence-electron chi connectivity index (χ3n) is 4.62. The molecule has 1 saturated heterocycles. The molecule has 2 heterocycles. The van der Waals surface area contributed by atoms with E-state index in [-0.39, 0.29) is 5.82 Å². The maximum absolute atomic E-state index is 12.9. The quantitative estimate of drug-likeness (QED) is 0.916. The number of imidazole rings is 1. The molecular weight excluding hydrogens is 309 g/mol. The Hall–Kier alpha value is -2.47. The number of aromatic nitrogens is 2. The lowest BCUT2D eigenvalue weighted by atomic mass is 9.87. The molecule has 3 rings (SSSR count). The van der Waals surface area contributed by atoms with Crippen LogP contribution < -0.4 is 0 Å². The standard InChI is InChI=1S/C18H20FN3O2/c19-16-5-3-15(4-6-16)2-1-10-21-11-7-18(8-12-21,17(23)24)22-13-9-20-14-22/h1-6,9,13-14H,7-8,10-12H2,(H,23,24)/b2-1+. The Morgan fingerprint density at radius 2 is 2.00 bits per heavy atom. The molecule has 0 saturated carbocycles. The minimum atomic E-state index is -0.895. The maximum Gasteiger partial charge on any atom is 0.330 e. The molecule has 0 radical (unpaired) electrons. The van der Waals surface area contributed by atoms with Crippen molar-refractivity contribution in [3.8, 4) is 0 Å². The number of hydrogen-bond donors (Lipinski definition) is 1. The number of nitrogens with zero attached hydrogens (tertiary/aromatic N) is 3. The van der Waals surface area contributed by atoms with Crippen LogP contribution in [0.15, 0.2) is 49.1 Å². The number of rotatable bonds is 5. The van der Waals surface area contributed by atoms with Gasteiger partial charge in [-0.25, -0.2) is 14.2 Å². The Kier molecular flexibility index (Phi) is 4.76. The first-order valence-corrected chi connectivity index (χ1v) is 7.96. The van der Waals surface area contributed by atoms with Gasteiger partial charge in [0.1, 0.15) is 11.4 Å². The van der Waals surface area contributed by atoms with Gasteiger partial charge in [0, 0.05) is 32.0 Å². The minimum Gasteiger partial charge on any atom is -0.479 e. The van der Waals surface area contributed by atoms with Crippen molar-refractivity contribution in [2.24, 2.45) is 0 Å². The molecule has 0 amide bonds. The molecule has 1 aliphatic heterocycles. The van der Waals surface area contributed by atoms with Crippen LogP contribution in [0, 0.1) is 5.82 Å². The molecule has 0 unspecified atom stereocenters. The number of carbonyl (C=O) groups is 1. The summed E-state index contributed by atoms with van der Waals surface area (Å²) in [5.74, 6) is -1.05. The van der Waals surface area contributed by atoms with E-state index in [1.807, 2.05) is 12.2 Å². The second-order valence-corrected chi connectivity index (χ2v) is 6.06. The van der Waals surface area contributed by atoms with Crippen LogP contribution in [0.2, 0.25) is 0 Å². The van der Waals surface area contributed by atoms with E-state index in [4.69, 9.17) is 0 Å². The Labute approximate surface area is 140 Å². The van der Waals surface area contributed by atoms with E-state index in [1.54, 1.807) is 35.4 Å². The number of piperidine rings is 1. The molecule has 0 atom stereocenters. The fourth-order valence-corrected chi connectivity index (χ4v) is 3.11. The second kappa shape index (κ2) is 6.97. The van der Waals surface area contributed by atoms with Crippen molar-refractivity contribution in [2.75, 3.05) is 19.6 Å². The molecule has 6 heteroatoms. The molecule has 1 aromatic carbocycles. The van der Waals surface area contributed by atoms with Crippen molar-refractivity contribution >= 4 is 12.0 Å². The van der Waals surface area contributed by atoms with Gasteiger partial charge in [0.2, 0.25) is 0 Å². The molecular formula is C18H20FN3O2. The third kappa shape index (κ3) is 3.38. The van der Waals surface area contributed by atoms with Crippen molar-refractivity contribution in [3.63, 3.8) is 0 Å². The Morgan fingerprint density at radius 3 is 2.58 bits per heavy atom. The molecule has 1 N–H and O–H groups in total. The summed E-state index contributed by atoms with van der Waals surface area (Å²) in [7, 11) is 0. The molecule has 0 bridgehead atoms. The lowest BCUT2D eigenvalue weighted by Gasteiger charge is -2.39. The Balaban J connectivity index is 1.58. The van der Waals surface area contributed by atoms with E-state index in [1.165, 1.54) is 12.1 Å². The minimum absolute atomic E-state index is 0.243. The van der Waals surface area contributed by atoms with Crippen LogP contribution in [0.25, 0.3) is 6.08 Å². The zero-order valence-corrected chi connectivity index (χ0v) is 13.3. The number of carboxylic acid groups (broad SMARTS) is 1. The van der Waals surface area contributed by atoms with E-state index >= 15 is 0 Å². The maximum atomic E-state index is 12.9. The first kappa shape index (κ1) is 16.4. The van der Waals surface area contributed by atoms with Gasteiger partial charge >= 0.3 is 5.97 Å². The summed E-state index contributed by atoms with van der Waals surface area (Å²) in [4.78, 5) is 18.0. The van der Waals surface area contributed by atoms with Gasteiger partial charge in [-0.3, -0.25) is 4.90 Å². The van der Waals surface area contributed by atoms with E-state index < -0.39 is 11.5 Å². The molecule has 126 valence electrons. The average molecular weight is 329 g/mol. The van der Waals surface area contributed by atoms with Crippen molar-refractivity contribution in [1.29, 1.82) is 0 Å². The fraction of sp³-hybridized carbons (Fsp3) is 0.333. The number of aliphatic carboxylic acids is 1. The van der Waals surface area contributed by atoms with Crippen LogP contribution in [0.3, 0.4) is 0 Å². The number of hydrogen-bond acceptors (Lipinski definition) is 3. The van der Waals surface area contributed by atoms with Crippen LogP contribution >= 0.6 is 0 Å². The topological polar surface area (TPSA) is 58.4 Å². The van der Waals surface area contributed by atoms with Crippen molar-refractivity contribution in [1.82, 2.24) is 14.5 Å². The summed E-state index contributed by atoms with van der Waals surface area (Å²) in [6.07, 6.45) is 9.98. The summed E-state index contributed by atoms with van der Waals surface area (Å²) >= 11 is 0. The molecule has 1 aliphatic rings. The van der Waals surface area contributed by atoms with Gasteiger partial charge in [0.25, 0.3) is 0 Å². The predicted molar refractivity (Wildman–Crippen MR) is 88.9 cm³/mol. The summed E-state index contributed by atoms with van der Waals surface area (Å²) < 4.78 is 14.6. The molecule has 0 aliphatic carbocycles. The largest absolute Gasteiger partial charge is 0.479 e. The van der Waals surface area contributed by atoms with E-state index in [0.29, 0.717) is 25.9 Å². The Morgan fingerprint density at radius 1 is 1.29 bits per heavy atom. The van der Waals surface area contributed by atoms with Crippen molar-refractivity contribution in [3.05, 3.63) is 60.4 Å². The highest BCUT2D eigenvalue weighted by Gasteiger charge is 2.42. The summed E-state index contributed by atoms with van der Waals surface area (Å²) in [6.45, 7) is 2.16. The normalized spacial score (nSPS) is 18.0. The molecule has 5 nitrogen and oxygen atoms in total. The molecule has 1 fully saturated rings. The van der Waals surface area contributed by atoms with Crippen LogP contribution in [-0.4, -0.2) is 45.2 Å². The molecule has 1 aromatic heterocycles. The van der Waals surface area contributed by atoms with E-state index in [2.05, 4.69) is 9.88 Å². The van der Waals surface area contributed by atoms with Gasteiger partial charge in [0.05, 0.1) is 6.33 Å². The smallest absolute Gasteiger partial charge is 0.330 e. The average Bonchev–Trinajstić information content (AvgIpc) is 3.12. The van der Waals surface area contributed by atoms with Gasteiger partial charge in [-0.2, -0.15) is 0 Å². The molecule has 2 aromatic rings. The van der Waals surface area contributed by atoms with Crippen molar-refractivity contribution < 1.29 is 14.3 Å². The predicted octanol–water partition coefficient (Wildman–Crippen LogP) is 2.61. The van der Waals surface area contributed by atoms with Crippen LogP contribution in [0.4, 0.5) is 4.39 Å². The summed E-state index contributed by atoms with van der Waals surface area (Å²) in [6, 6.07) is 6.34. The van der Waals surface area contributed by atoms with Crippen LogP contribution in [-0.2, 0) is 10.3 Å². The summed E-state index contributed by atoms with van der Waals surface area (Å²) in [5, 5.41) is 9.68. The fourth-order valence-electron chi connectivity index (χ4n) is 3.11. The Bertz CT molecular complexity index is 702. The third-order valence-corrected chi connectivity index (χ3v) is 4.62. The highest BCUT2D eigenvalue weighted by Crippen LogP contribution is 2.30. The van der Waals surface area contributed by atoms with Crippen LogP contribution in [0.1, 0.15) is 18.4 Å². The van der Waals surface area contributed by atoms with Gasteiger partial charge < -0.3 is 9.67 Å². The number of benzene rings is 1. The monoisotopic (exact) mass is 329 g/mol. The summed E-state index contributed by atoms with van der Waals surface area (Å²) in [5.41, 5.74) is 0.0555. The van der Waals surface area contributed by atoms with E-state index in [9.17, 15) is 14.3 Å². The molecule has 0 spiro atoms. The zero-order valence-electron chi connectivity index (χ0n) is 13.3. The lowest BCUT2D eigenvalue weighted by Crippen LogP contribution is -2.50. The van der Waals surface area contributed by atoms with Gasteiger partial charge in [-0.1, -0.05) is 24.3 Å². The zero-order chi connectivity index (χ0) is 17.0. The van der Waals surface area contributed by atoms with Gasteiger partial charge in [-0.15, -0.1) is 0 Å². The lowest BCUT2D eigenvalue weighted by molar-refractivity contribution is -0.150. The van der Waals surface area contributed by atoms with Gasteiger partial charge in [-0.05, 0) is 30.5 Å². The van der Waals surface area contributed by atoms with Gasteiger partial charge in [0.15, 0.2) is 0 Å². The number of carboxylic acids is 1. The first-order valence-electron chi connectivity index (χ1n) is 7.96. The van der Waals surface area contributed by atoms with Crippen LogP contribution in [0.5, 0.6) is 0 Å². The first-order chi connectivity index (χ1) is 11.6. The highest BCUT2D eigenvalue weighted by molar-refractivity contribution is 5.77. The second-order valence-electron chi connectivity index (χ2n) is 6.06. The number of likely N-dealkylation sites (tertiary alicyclic amines) is 1. The highest BCUT2D eigenvalue weighted by atomic mass is 19.1. The van der Waals surface area contributed by atoms with E-state index in [0.717, 1.165) is 12.1 Å². The SMILES string of the molecule is O=C(O)C1(n2ccnc2)CCN(C/C=C/c2ccc(F)cc2)CC1. The number of halogens is 1. The molecule has 24 heavy (non-hydrogen) atoms.